The quantitative estimate of drug-likeness (QED) is 0.562. The van der Waals surface area contributed by atoms with Crippen LogP contribution in [0.15, 0.2) is 11.0 Å². The van der Waals surface area contributed by atoms with E-state index in [1.54, 1.807) is 0 Å². The average molecular weight is 156 g/mol. The summed E-state index contributed by atoms with van der Waals surface area (Å²) < 4.78 is 4.37. The van der Waals surface area contributed by atoms with Gasteiger partial charge < -0.3 is 9.84 Å². The standard InChI is InChI=1S/C6H8N2O3/c1-11-5(9)2-4-3-7-8-6(4)10/h3H,2H2,1H3,(H2,7,8,10). The Morgan fingerprint density at radius 3 is 2.91 bits per heavy atom. The van der Waals surface area contributed by atoms with E-state index < -0.39 is 5.97 Å². The highest BCUT2D eigenvalue weighted by Crippen LogP contribution is 1.89. The van der Waals surface area contributed by atoms with Gasteiger partial charge in [-0.2, -0.15) is 0 Å². The number of aromatic nitrogens is 2. The molecule has 0 fully saturated rings. The fourth-order valence-electron chi connectivity index (χ4n) is 0.694. The van der Waals surface area contributed by atoms with E-state index in [1.165, 1.54) is 13.3 Å². The summed E-state index contributed by atoms with van der Waals surface area (Å²) >= 11 is 0. The molecular weight excluding hydrogens is 148 g/mol. The predicted octanol–water partition coefficient (Wildman–Crippen LogP) is -0.582. The summed E-state index contributed by atoms with van der Waals surface area (Å²) in [6.45, 7) is 0. The number of ether oxygens (including phenoxy) is 1. The third-order valence-electron chi connectivity index (χ3n) is 1.29. The van der Waals surface area contributed by atoms with Gasteiger partial charge in [0.2, 0.25) is 0 Å². The molecule has 0 aliphatic carbocycles. The summed E-state index contributed by atoms with van der Waals surface area (Å²) in [5.74, 6) is -0.421. The molecule has 0 atom stereocenters. The van der Waals surface area contributed by atoms with Crippen LogP contribution in [0.2, 0.25) is 0 Å². The first-order valence-corrected chi connectivity index (χ1v) is 3.06. The maximum Gasteiger partial charge on any atom is 0.310 e. The van der Waals surface area contributed by atoms with Crippen LogP contribution in [0.5, 0.6) is 0 Å². The van der Waals surface area contributed by atoms with Gasteiger partial charge in [0, 0.05) is 11.8 Å². The largest absolute Gasteiger partial charge is 0.469 e. The van der Waals surface area contributed by atoms with Crippen molar-refractivity contribution in [2.75, 3.05) is 7.11 Å². The van der Waals surface area contributed by atoms with E-state index in [2.05, 4.69) is 14.9 Å². The lowest BCUT2D eigenvalue weighted by Gasteiger charge is -1.92. The van der Waals surface area contributed by atoms with Crippen LogP contribution in [0.1, 0.15) is 5.56 Å². The number of rotatable bonds is 2. The van der Waals surface area contributed by atoms with Gasteiger partial charge in [-0.1, -0.05) is 0 Å². The van der Waals surface area contributed by atoms with Gasteiger partial charge in [-0.25, -0.2) is 0 Å². The van der Waals surface area contributed by atoms with E-state index in [1.807, 2.05) is 0 Å². The molecule has 0 spiro atoms. The van der Waals surface area contributed by atoms with Gasteiger partial charge in [-0.15, -0.1) is 0 Å². The number of nitrogens with one attached hydrogen (secondary N) is 2. The van der Waals surface area contributed by atoms with E-state index in [0.717, 1.165) is 0 Å². The second-order valence-electron chi connectivity index (χ2n) is 2.02. The second kappa shape index (κ2) is 3.05. The lowest BCUT2D eigenvalue weighted by atomic mass is 10.2. The number of hydrogen-bond acceptors (Lipinski definition) is 3. The molecule has 0 aromatic carbocycles. The van der Waals surface area contributed by atoms with Crippen molar-refractivity contribution in [3.63, 3.8) is 0 Å². The van der Waals surface area contributed by atoms with Crippen LogP contribution in [-0.2, 0) is 16.0 Å². The first-order valence-electron chi connectivity index (χ1n) is 3.06. The summed E-state index contributed by atoms with van der Waals surface area (Å²) in [6, 6.07) is 0. The highest BCUT2D eigenvalue weighted by atomic mass is 16.5. The first-order chi connectivity index (χ1) is 5.24. The molecule has 0 unspecified atom stereocenters. The highest BCUT2D eigenvalue weighted by molar-refractivity contribution is 5.72. The van der Waals surface area contributed by atoms with Crippen LogP contribution in [0.25, 0.3) is 0 Å². The molecule has 0 aliphatic heterocycles. The zero-order valence-corrected chi connectivity index (χ0v) is 6.01. The minimum atomic E-state index is -0.421. The SMILES string of the molecule is COC(=O)Cc1c[nH][nH]c1=O. The van der Waals surface area contributed by atoms with Crippen LogP contribution in [-0.4, -0.2) is 23.3 Å². The van der Waals surface area contributed by atoms with Crippen LogP contribution in [0, 0.1) is 0 Å². The van der Waals surface area contributed by atoms with Gasteiger partial charge >= 0.3 is 5.97 Å². The maximum absolute atomic E-state index is 10.8. The molecule has 5 nitrogen and oxygen atoms in total. The molecule has 5 heteroatoms. The van der Waals surface area contributed by atoms with E-state index in [0.29, 0.717) is 5.56 Å². The molecule has 11 heavy (non-hydrogen) atoms. The predicted molar refractivity (Wildman–Crippen MR) is 37.1 cm³/mol. The van der Waals surface area contributed by atoms with Crippen molar-refractivity contribution in [3.8, 4) is 0 Å². The second-order valence-corrected chi connectivity index (χ2v) is 2.02. The molecule has 0 radical (unpaired) electrons. The van der Waals surface area contributed by atoms with Gasteiger partial charge in [0.1, 0.15) is 0 Å². The zero-order chi connectivity index (χ0) is 8.27. The minimum Gasteiger partial charge on any atom is -0.469 e. The number of aromatic amines is 2. The number of methoxy groups -OCH3 is 1. The summed E-state index contributed by atoms with van der Waals surface area (Å²) in [5, 5.41) is 4.79. The van der Waals surface area contributed by atoms with E-state index in [4.69, 9.17) is 0 Å². The molecule has 0 saturated heterocycles. The maximum atomic E-state index is 10.8. The van der Waals surface area contributed by atoms with E-state index >= 15 is 0 Å². The Labute approximate surface area is 62.4 Å². The van der Waals surface area contributed by atoms with Crippen molar-refractivity contribution in [2.45, 2.75) is 6.42 Å². The van der Waals surface area contributed by atoms with Gasteiger partial charge in [0.15, 0.2) is 0 Å². The Balaban J connectivity index is 2.72. The highest BCUT2D eigenvalue weighted by Gasteiger charge is 2.06. The molecule has 0 amide bonds. The molecule has 0 aliphatic rings. The van der Waals surface area contributed by atoms with Crippen molar-refractivity contribution in [3.05, 3.63) is 22.1 Å². The van der Waals surface area contributed by atoms with Crippen LogP contribution in [0.4, 0.5) is 0 Å². The molecular formula is C6H8N2O3. The topological polar surface area (TPSA) is 75.0 Å². The minimum absolute atomic E-state index is 0.00926. The lowest BCUT2D eigenvalue weighted by Crippen LogP contribution is -2.12. The number of carbonyl (C=O) groups is 1. The van der Waals surface area contributed by atoms with Gasteiger partial charge in [0.05, 0.1) is 13.5 Å². The average Bonchev–Trinajstić information content (AvgIpc) is 2.37. The van der Waals surface area contributed by atoms with Gasteiger partial charge in [-0.3, -0.25) is 14.7 Å². The molecule has 0 saturated carbocycles. The Morgan fingerprint density at radius 2 is 2.45 bits per heavy atom. The molecule has 1 heterocycles. The third kappa shape index (κ3) is 1.70. The molecule has 0 bridgehead atoms. The smallest absolute Gasteiger partial charge is 0.310 e. The zero-order valence-electron chi connectivity index (χ0n) is 6.01. The fraction of sp³-hybridized carbons (Fsp3) is 0.333. The summed E-state index contributed by atoms with van der Waals surface area (Å²) in [4.78, 5) is 21.4. The molecule has 1 aromatic heterocycles. The van der Waals surface area contributed by atoms with Crippen molar-refractivity contribution < 1.29 is 9.53 Å². The molecule has 60 valence electrons. The normalized spacial score (nSPS) is 9.55. The van der Waals surface area contributed by atoms with Gasteiger partial charge in [0.25, 0.3) is 5.56 Å². The van der Waals surface area contributed by atoms with Gasteiger partial charge in [-0.05, 0) is 0 Å². The Hall–Kier alpha value is -1.52. The Bertz CT molecular complexity index is 299. The van der Waals surface area contributed by atoms with Crippen molar-refractivity contribution >= 4 is 5.97 Å². The number of H-pyrrole nitrogens is 2. The fourth-order valence-corrected chi connectivity index (χ4v) is 0.694. The first kappa shape index (κ1) is 7.59. The van der Waals surface area contributed by atoms with Crippen LogP contribution in [0.3, 0.4) is 0 Å². The third-order valence-corrected chi connectivity index (χ3v) is 1.29. The molecule has 1 rings (SSSR count). The van der Waals surface area contributed by atoms with Crippen molar-refractivity contribution in [1.29, 1.82) is 0 Å². The Morgan fingerprint density at radius 1 is 1.73 bits per heavy atom. The van der Waals surface area contributed by atoms with Crippen molar-refractivity contribution in [1.82, 2.24) is 10.2 Å². The molecule has 1 aromatic rings. The van der Waals surface area contributed by atoms with Crippen molar-refractivity contribution in [2.24, 2.45) is 0 Å². The number of esters is 1. The number of hydrogen-bond donors (Lipinski definition) is 2. The number of carbonyl (C=O) groups excluding carboxylic acids is 1. The summed E-state index contributed by atoms with van der Waals surface area (Å²) in [6.07, 6.45) is 1.45. The summed E-state index contributed by atoms with van der Waals surface area (Å²) in [5.41, 5.74) is 0.104. The van der Waals surface area contributed by atoms with Crippen LogP contribution < -0.4 is 5.56 Å². The molecule has 2 N–H and O–H groups in total. The lowest BCUT2D eigenvalue weighted by molar-refractivity contribution is -0.139. The van der Waals surface area contributed by atoms with Crippen LogP contribution >= 0.6 is 0 Å². The van der Waals surface area contributed by atoms with E-state index in [9.17, 15) is 9.59 Å². The van der Waals surface area contributed by atoms with E-state index in [-0.39, 0.29) is 12.0 Å². The monoisotopic (exact) mass is 156 g/mol. The Kier molecular flexibility index (Phi) is 2.10. The summed E-state index contributed by atoms with van der Waals surface area (Å²) in [7, 11) is 1.28.